The monoisotopic (exact) mass is 420 g/mol. The molecule has 1 amide bonds. The number of halogens is 2. The lowest BCUT2D eigenvalue weighted by Gasteiger charge is -2.10. The minimum atomic E-state index is -3.87. The van der Waals surface area contributed by atoms with E-state index in [0.29, 0.717) is 21.4 Å². The van der Waals surface area contributed by atoms with Crippen LogP contribution in [0.3, 0.4) is 0 Å². The van der Waals surface area contributed by atoms with E-state index in [2.05, 4.69) is 10.0 Å². The number of carbonyl (C=O) groups is 1. The van der Waals surface area contributed by atoms with Gasteiger partial charge in [0.1, 0.15) is 0 Å². The third kappa shape index (κ3) is 5.01. The molecule has 0 radical (unpaired) electrons. The van der Waals surface area contributed by atoms with E-state index >= 15 is 0 Å². The predicted octanol–water partition coefficient (Wildman–Crippen LogP) is 5.05. The van der Waals surface area contributed by atoms with Crippen LogP contribution in [0.5, 0.6) is 0 Å². The molecule has 0 bridgehead atoms. The quantitative estimate of drug-likeness (QED) is 0.606. The molecule has 0 aliphatic carbocycles. The van der Waals surface area contributed by atoms with Gasteiger partial charge in [0.15, 0.2) is 0 Å². The first-order valence-corrected chi connectivity index (χ1v) is 10.0. The number of sulfonamides is 1. The van der Waals surface area contributed by atoms with E-state index in [-0.39, 0.29) is 10.5 Å². The van der Waals surface area contributed by atoms with Crippen molar-refractivity contribution in [3.05, 3.63) is 88.4 Å². The summed E-state index contributed by atoms with van der Waals surface area (Å²) in [4.78, 5) is 12.4. The Hall–Kier alpha value is -2.54. The fraction of sp³-hybridized carbons (Fsp3) is 0. The van der Waals surface area contributed by atoms with Gasteiger partial charge in [-0.05, 0) is 60.7 Å². The topological polar surface area (TPSA) is 75.3 Å². The molecule has 5 nitrogen and oxygen atoms in total. The molecule has 0 fully saturated rings. The summed E-state index contributed by atoms with van der Waals surface area (Å²) >= 11 is 11.7. The number of hydrogen-bond acceptors (Lipinski definition) is 3. The van der Waals surface area contributed by atoms with Crippen molar-refractivity contribution in [2.75, 3.05) is 10.0 Å². The molecule has 0 aliphatic heterocycles. The maximum Gasteiger partial charge on any atom is 0.261 e. The Morgan fingerprint density at radius 1 is 0.778 bits per heavy atom. The molecule has 0 saturated heterocycles. The van der Waals surface area contributed by atoms with Crippen LogP contribution >= 0.6 is 23.2 Å². The van der Waals surface area contributed by atoms with Crippen LogP contribution in [-0.4, -0.2) is 14.3 Å². The zero-order valence-corrected chi connectivity index (χ0v) is 16.1. The maximum atomic E-state index is 12.6. The van der Waals surface area contributed by atoms with Crippen molar-refractivity contribution in [1.82, 2.24) is 0 Å². The predicted molar refractivity (Wildman–Crippen MR) is 108 cm³/mol. The standard InChI is InChI=1S/C19H14Cl2N2O3S/c20-14-7-9-16(10-8-14)22-19(24)13-3-1-6-18(11-13)27(25,26)23-17-5-2-4-15(21)12-17/h1-12,23H,(H,22,24). The lowest BCUT2D eigenvalue weighted by molar-refractivity contribution is 0.102. The van der Waals surface area contributed by atoms with Gasteiger partial charge in [0.05, 0.1) is 10.6 Å². The summed E-state index contributed by atoms with van der Waals surface area (Å²) in [5.41, 5.74) is 1.09. The number of amides is 1. The fourth-order valence-corrected chi connectivity index (χ4v) is 3.72. The highest BCUT2D eigenvalue weighted by atomic mass is 35.5. The summed E-state index contributed by atoms with van der Waals surface area (Å²) in [7, 11) is -3.87. The summed E-state index contributed by atoms with van der Waals surface area (Å²) in [6.45, 7) is 0. The second-order valence-corrected chi connectivity index (χ2v) is 8.16. The zero-order valence-electron chi connectivity index (χ0n) is 13.8. The van der Waals surface area contributed by atoms with Crippen molar-refractivity contribution < 1.29 is 13.2 Å². The largest absolute Gasteiger partial charge is 0.322 e. The van der Waals surface area contributed by atoms with Gasteiger partial charge in [-0.3, -0.25) is 9.52 Å². The van der Waals surface area contributed by atoms with E-state index in [1.54, 1.807) is 42.5 Å². The molecule has 8 heteroatoms. The number of nitrogens with one attached hydrogen (secondary N) is 2. The van der Waals surface area contributed by atoms with Crippen molar-refractivity contribution in [3.63, 3.8) is 0 Å². The van der Waals surface area contributed by atoms with Crippen LogP contribution in [-0.2, 0) is 10.0 Å². The van der Waals surface area contributed by atoms with Gasteiger partial charge in [-0.1, -0.05) is 35.3 Å². The van der Waals surface area contributed by atoms with Crippen LogP contribution in [0, 0.1) is 0 Å². The lowest BCUT2D eigenvalue weighted by atomic mass is 10.2. The minimum absolute atomic E-state index is 0.0359. The Balaban J connectivity index is 1.81. The fourth-order valence-electron chi connectivity index (χ4n) is 2.31. The SMILES string of the molecule is O=C(Nc1ccc(Cl)cc1)c1cccc(S(=O)(=O)Nc2cccc(Cl)c2)c1. The van der Waals surface area contributed by atoms with Crippen LogP contribution < -0.4 is 10.0 Å². The Kier molecular flexibility index (Phi) is 5.70. The van der Waals surface area contributed by atoms with Gasteiger partial charge in [-0.25, -0.2) is 8.42 Å². The van der Waals surface area contributed by atoms with E-state index in [0.717, 1.165) is 0 Å². The molecule has 0 spiro atoms. The van der Waals surface area contributed by atoms with E-state index in [1.807, 2.05) is 0 Å². The Bertz CT molecular complexity index is 1080. The highest BCUT2D eigenvalue weighted by molar-refractivity contribution is 7.92. The molecule has 27 heavy (non-hydrogen) atoms. The first-order valence-electron chi connectivity index (χ1n) is 7.79. The molecule has 0 unspecified atom stereocenters. The Labute approximate surface area is 167 Å². The van der Waals surface area contributed by atoms with Gasteiger partial charge in [-0.15, -0.1) is 0 Å². The Morgan fingerprint density at radius 3 is 2.19 bits per heavy atom. The molecule has 0 heterocycles. The molecule has 3 aromatic carbocycles. The van der Waals surface area contributed by atoms with Crippen molar-refractivity contribution in [3.8, 4) is 0 Å². The molecule has 3 aromatic rings. The zero-order chi connectivity index (χ0) is 19.4. The number of benzene rings is 3. The average Bonchev–Trinajstić information content (AvgIpc) is 2.63. The van der Waals surface area contributed by atoms with Crippen molar-refractivity contribution >= 4 is 50.5 Å². The molecular weight excluding hydrogens is 407 g/mol. The summed E-state index contributed by atoms with van der Waals surface area (Å²) in [5.74, 6) is -0.433. The highest BCUT2D eigenvalue weighted by Gasteiger charge is 2.17. The molecule has 0 atom stereocenters. The minimum Gasteiger partial charge on any atom is -0.322 e. The number of carbonyl (C=O) groups excluding carboxylic acids is 1. The van der Waals surface area contributed by atoms with E-state index in [9.17, 15) is 13.2 Å². The first kappa shape index (κ1) is 19.2. The van der Waals surface area contributed by atoms with Crippen molar-refractivity contribution in [1.29, 1.82) is 0 Å². The van der Waals surface area contributed by atoms with Gasteiger partial charge in [0.2, 0.25) is 0 Å². The van der Waals surface area contributed by atoms with Gasteiger partial charge >= 0.3 is 0 Å². The summed E-state index contributed by atoms with van der Waals surface area (Å²) in [6, 6.07) is 18.7. The smallest absolute Gasteiger partial charge is 0.261 e. The third-order valence-corrected chi connectivity index (χ3v) is 5.45. The molecule has 0 saturated carbocycles. The number of rotatable bonds is 5. The summed E-state index contributed by atoms with van der Waals surface area (Å²) in [5, 5.41) is 3.65. The molecule has 138 valence electrons. The number of hydrogen-bond donors (Lipinski definition) is 2. The Morgan fingerprint density at radius 2 is 1.48 bits per heavy atom. The van der Waals surface area contributed by atoms with Gasteiger partial charge in [0, 0.05) is 21.3 Å². The third-order valence-electron chi connectivity index (χ3n) is 3.59. The highest BCUT2D eigenvalue weighted by Crippen LogP contribution is 2.21. The van der Waals surface area contributed by atoms with E-state index in [1.165, 1.54) is 30.3 Å². The number of anilines is 2. The van der Waals surface area contributed by atoms with Crippen LogP contribution in [0.15, 0.2) is 77.7 Å². The van der Waals surface area contributed by atoms with Gasteiger partial charge < -0.3 is 5.32 Å². The second-order valence-electron chi connectivity index (χ2n) is 5.60. The average molecular weight is 421 g/mol. The second kappa shape index (κ2) is 8.00. The van der Waals surface area contributed by atoms with Gasteiger partial charge in [0.25, 0.3) is 15.9 Å². The van der Waals surface area contributed by atoms with E-state index in [4.69, 9.17) is 23.2 Å². The molecule has 3 rings (SSSR count). The van der Waals surface area contributed by atoms with Crippen LogP contribution in [0.25, 0.3) is 0 Å². The van der Waals surface area contributed by atoms with Crippen LogP contribution in [0.4, 0.5) is 11.4 Å². The normalized spacial score (nSPS) is 11.0. The summed E-state index contributed by atoms with van der Waals surface area (Å²) in [6.07, 6.45) is 0. The van der Waals surface area contributed by atoms with Crippen molar-refractivity contribution in [2.24, 2.45) is 0 Å². The molecule has 0 aromatic heterocycles. The first-order chi connectivity index (χ1) is 12.8. The van der Waals surface area contributed by atoms with Crippen LogP contribution in [0.1, 0.15) is 10.4 Å². The van der Waals surface area contributed by atoms with Crippen molar-refractivity contribution in [2.45, 2.75) is 4.90 Å². The lowest BCUT2D eigenvalue weighted by Crippen LogP contribution is -2.16. The van der Waals surface area contributed by atoms with Gasteiger partial charge in [-0.2, -0.15) is 0 Å². The molecular formula is C19H14Cl2N2O3S. The van der Waals surface area contributed by atoms with Crippen LogP contribution in [0.2, 0.25) is 10.0 Å². The molecule has 2 N–H and O–H groups in total. The van der Waals surface area contributed by atoms with E-state index < -0.39 is 15.9 Å². The molecule has 0 aliphatic rings. The maximum absolute atomic E-state index is 12.6. The summed E-state index contributed by atoms with van der Waals surface area (Å²) < 4.78 is 27.6.